The number of piperidine rings is 3. The van der Waals surface area contributed by atoms with E-state index in [0.717, 1.165) is 67.4 Å². The lowest BCUT2D eigenvalue weighted by Gasteiger charge is -2.39. The van der Waals surface area contributed by atoms with E-state index in [1.165, 1.54) is 19.2 Å². The fraction of sp³-hybridized carbons (Fsp3) is 0.444. The number of anilines is 1. The second kappa shape index (κ2) is 22.1. The van der Waals surface area contributed by atoms with Crippen molar-refractivity contribution in [1.82, 2.24) is 20.4 Å². The lowest BCUT2D eigenvalue weighted by Crippen LogP contribution is -2.54. The van der Waals surface area contributed by atoms with Gasteiger partial charge in [0.1, 0.15) is 12.6 Å². The SMILES string of the molecule is COCCOc1ccc(C(N)=O)c(-c2cc(C(CNC3CCC(C(=O)N4CCC(OC5CCN(c6cccc7c6C(=O)N(C6CCC(=O)NC6=O)C7=O)CC5)CC4)CC3)c3ccccc3)ccc2Cl)c1F. The molecule has 0 bridgehead atoms. The molecule has 4 N–H and O–H groups in total. The van der Waals surface area contributed by atoms with Gasteiger partial charge in [-0.05, 0) is 105 Å². The summed E-state index contributed by atoms with van der Waals surface area (Å²) < 4.78 is 33.5. The minimum absolute atomic E-state index is 0.00861. The number of fused-ring (bicyclic) bond motifs is 1. The lowest BCUT2D eigenvalue weighted by atomic mass is 9.84. The summed E-state index contributed by atoms with van der Waals surface area (Å²) in [4.78, 5) is 83.0. The number of nitrogens with one attached hydrogen (secondary N) is 2. The topological polar surface area (TPSA) is 190 Å². The highest BCUT2D eigenvalue weighted by Gasteiger charge is 2.46. The fourth-order valence-corrected chi connectivity index (χ4v) is 11.2. The number of rotatable bonds is 16. The quantitative estimate of drug-likeness (QED) is 0.0808. The molecule has 9 rings (SSSR count). The van der Waals surface area contributed by atoms with Gasteiger partial charge in [0.05, 0.1) is 41.2 Å². The highest BCUT2D eigenvalue weighted by molar-refractivity contribution is 6.33. The second-order valence-electron chi connectivity index (χ2n) is 19.2. The lowest BCUT2D eigenvalue weighted by molar-refractivity contribution is -0.140. The van der Waals surface area contributed by atoms with Crippen molar-refractivity contribution in [2.75, 3.05) is 57.9 Å². The van der Waals surface area contributed by atoms with Crippen molar-refractivity contribution >= 4 is 52.7 Å². The van der Waals surface area contributed by atoms with Crippen molar-refractivity contribution in [2.45, 2.75) is 94.4 Å². The molecule has 0 aromatic heterocycles. The summed E-state index contributed by atoms with van der Waals surface area (Å²) in [5.74, 6) is -3.61. The van der Waals surface area contributed by atoms with Crippen LogP contribution in [0.25, 0.3) is 11.1 Å². The summed E-state index contributed by atoms with van der Waals surface area (Å²) in [6, 6.07) is 22.7. The van der Waals surface area contributed by atoms with Crippen LogP contribution in [0, 0.1) is 11.7 Å². The van der Waals surface area contributed by atoms with Gasteiger partial charge in [-0.1, -0.05) is 54.1 Å². The number of methoxy groups -OCH3 is 1. The minimum atomic E-state index is -1.02. The van der Waals surface area contributed by atoms with Gasteiger partial charge in [-0.2, -0.15) is 0 Å². The van der Waals surface area contributed by atoms with E-state index >= 15 is 4.39 Å². The molecule has 1 aliphatic carbocycles. The molecule has 4 fully saturated rings. The molecule has 4 heterocycles. The van der Waals surface area contributed by atoms with Crippen molar-refractivity contribution in [3.63, 3.8) is 0 Å². The van der Waals surface area contributed by atoms with Gasteiger partial charge in [0.15, 0.2) is 11.6 Å². The highest BCUT2D eigenvalue weighted by Crippen LogP contribution is 2.40. The van der Waals surface area contributed by atoms with E-state index in [4.69, 9.17) is 31.5 Å². The van der Waals surface area contributed by atoms with Crippen LogP contribution in [0.5, 0.6) is 5.75 Å². The number of primary amides is 1. The van der Waals surface area contributed by atoms with Crippen LogP contribution >= 0.6 is 11.6 Å². The van der Waals surface area contributed by atoms with Crippen LogP contribution in [0.15, 0.2) is 78.9 Å². The molecule has 2 atom stereocenters. The van der Waals surface area contributed by atoms with Crippen LogP contribution in [0.1, 0.15) is 112 Å². The molecular weight excluding hydrogens is 931 g/mol. The Morgan fingerprint density at radius 2 is 1.51 bits per heavy atom. The molecule has 5 aliphatic rings. The molecule has 0 radical (unpaired) electrons. The zero-order valence-corrected chi connectivity index (χ0v) is 40.6. The monoisotopic (exact) mass is 990 g/mol. The molecule has 1 saturated carbocycles. The Morgan fingerprint density at radius 1 is 0.789 bits per heavy atom. The predicted octanol–water partition coefficient (Wildman–Crippen LogP) is 6.63. The van der Waals surface area contributed by atoms with E-state index in [2.05, 4.69) is 27.7 Å². The normalized spacial score (nSPS) is 21.6. The number of imide groups is 2. The van der Waals surface area contributed by atoms with E-state index in [1.807, 2.05) is 41.3 Å². The van der Waals surface area contributed by atoms with Gasteiger partial charge in [0.25, 0.3) is 11.8 Å². The third-order valence-electron chi connectivity index (χ3n) is 14.8. The van der Waals surface area contributed by atoms with Gasteiger partial charge in [0, 0.05) is 80.3 Å². The molecule has 4 aromatic rings. The number of hydrogen-bond acceptors (Lipinski definition) is 11. The third-order valence-corrected chi connectivity index (χ3v) is 15.2. The van der Waals surface area contributed by atoms with Crippen LogP contribution in [-0.2, 0) is 23.9 Å². The first-order valence-corrected chi connectivity index (χ1v) is 25.1. The van der Waals surface area contributed by atoms with Crippen LogP contribution in [0.3, 0.4) is 0 Å². The first-order valence-electron chi connectivity index (χ1n) is 24.8. The second-order valence-corrected chi connectivity index (χ2v) is 19.6. The van der Waals surface area contributed by atoms with Crippen LogP contribution in [0.2, 0.25) is 5.02 Å². The molecular formula is C54H60ClFN6O9. The molecule has 3 saturated heterocycles. The van der Waals surface area contributed by atoms with Gasteiger partial charge in [-0.15, -0.1) is 0 Å². The molecule has 17 heteroatoms. The number of likely N-dealkylation sites (tertiary alicyclic amines) is 1. The van der Waals surface area contributed by atoms with Crippen molar-refractivity contribution < 1.29 is 47.4 Å². The molecule has 6 amide bonds. The number of halogens is 2. The number of carbonyl (C=O) groups is 6. The smallest absolute Gasteiger partial charge is 0.264 e. The van der Waals surface area contributed by atoms with E-state index < -0.39 is 41.4 Å². The zero-order chi connectivity index (χ0) is 49.8. The van der Waals surface area contributed by atoms with Crippen molar-refractivity contribution in [3.8, 4) is 16.9 Å². The Bertz CT molecular complexity index is 2660. The van der Waals surface area contributed by atoms with Crippen LogP contribution in [0.4, 0.5) is 10.1 Å². The number of nitrogens with two attached hydrogens (primary N) is 1. The van der Waals surface area contributed by atoms with Gasteiger partial charge >= 0.3 is 0 Å². The van der Waals surface area contributed by atoms with Gasteiger partial charge in [-0.25, -0.2) is 4.39 Å². The molecule has 374 valence electrons. The maximum atomic E-state index is 16.2. The van der Waals surface area contributed by atoms with E-state index in [1.54, 1.807) is 18.2 Å². The van der Waals surface area contributed by atoms with Crippen LogP contribution in [-0.4, -0.2) is 123 Å². The zero-order valence-electron chi connectivity index (χ0n) is 39.8. The summed E-state index contributed by atoms with van der Waals surface area (Å²) in [5, 5.41) is 6.30. The molecule has 4 aliphatic heterocycles. The molecule has 71 heavy (non-hydrogen) atoms. The summed E-state index contributed by atoms with van der Waals surface area (Å²) in [6.07, 6.45) is 6.50. The average Bonchev–Trinajstić information content (AvgIpc) is 3.63. The Morgan fingerprint density at radius 3 is 2.20 bits per heavy atom. The van der Waals surface area contributed by atoms with E-state index in [0.29, 0.717) is 49.5 Å². The maximum absolute atomic E-state index is 16.2. The Kier molecular flexibility index (Phi) is 15.5. The molecule has 2 unspecified atom stereocenters. The average molecular weight is 992 g/mol. The Labute approximate surface area is 417 Å². The van der Waals surface area contributed by atoms with Gasteiger partial charge < -0.3 is 35.1 Å². The van der Waals surface area contributed by atoms with Gasteiger partial charge in [0.2, 0.25) is 23.6 Å². The van der Waals surface area contributed by atoms with Crippen LogP contribution < -0.4 is 26.0 Å². The molecule has 15 nitrogen and oxygen atoms in total. The number of nitrogens with zero attached hydrogens (tertiary/aromatic N) is 3. The third kappa shape index (κ3) is 10.7. The summed E-state index contributed by atoms with van der Waals surface area (Å²) in [7, 11) is 1.52. The summed E-state index contributed by atoms with van der Waals surface area (Å²) in [5.41, 5.74) is 9.21. The Balaban J connectivity index is 0.757. The molecule has 4 aromatic carbocycles. The predicted molar refractivity (Wildman–Crippen MR) is 264 cm³/mol. The summed E-state index contributed by atoms with van der Waals surface area (Å²) >= 11 is 6.75. The first-order chi connectivity index (χ1) is 34.4. The number of hydrogen-bond donors (Lipinski definition) is 3. The fourth-order valence-electron chi connectivity index (χ4n) is 11.0. The standard InChI is InChI=1S/C54H60ClFN6O9/c1-69-28-29-70-45-18-15-38(50(57)64)47(49(45)56)40-30-34(12-16-42(40)55)41(32-6-3-2-4-7-32)31-58-35-13-10-33(11-14-35)52(66)61-26-22-37(23-27-61)71-36-20-24-60(25-21-36)43-9-5-8-39-48(43)54(68)62(53(39)67)44-17-19-46(63)59-51(44)65/h2-9,12,15-16,18,30,33,35-37,41,44,58H,10-11,13-14,17,19-29,31H2,1H3,(H2,57,64)(H,59,63,65). The first kappa shape index (κ1) is 49.8. The van der Waals surface area contributed by atoms with Crippen molar-refractivity contribution in [2.24, 2.45) is 11.7 Å². The number of ether oxygens (including phenoxy) is 3. The summed E-state index contributed by atoms with van der Waals surface area (Å²) in [6.45, 7) is 3.50. The maximum Gasteiger partial charge on any atom is 0.264 e. The number of amides is 6. The largest absolute Gasteiger partial charge is 0.488 e. The number of carbonyl (C=O) groups excluding carboxylic acids is 6. The van der Waals surface area contributed by atoms with E-state index in [-0.39, 0.29) is 89.5 Å². The highest BCUT2D eigenvalue weighted by atomic mass is 35.5. The molecule has 0 spiro atoms. The van der Waals surface area contributed by atoms with E-state index in [9.17, 15) is 28.8 Å². The number of benzene rings is 4. The minimum Gasteiger partial charge on any atom is -0.488 e. The Hall–Kier alpha value is -6.20. The van der Waals surface area contributed by atoms with Crippen molar-refractivity contribution in [3.05, 3.63) is 118 Å². The van der Waals surface area contributed by atoms with Crippen molar-refractivity contribution in [1.29, 1.82) is 0 Å². The van der Waals surface area contributed by atoms with Gasteiger partial charge in [-0.3, -0.25) is 39.0 Å².